The van der Waals surface area contributed by atoms with Crippen LogP contribution in [0.4, 0.5) is 11.4 Å². The van der Waals surface area contributed by atoms with Crippen LogP contribution in [0.15, 0.2) is 59.8 Å². The monoisotopic (exact) mass is 404 g/mol. The second kappa shape index (κ2) is 7.20. The molecule has 1 heterocycles. The van der Waals surface area contributed by atoms with Crippen molar-refractivity contribution in [3.05, 3.63) is 81.0 Å². The number of allylic oxidation sites excluding steroid dienone is 2. The maximum Gasteiger partial charge on any atom is 0.269 e. The summed E-state index contributed by atoms with van der Waals surface area (Å²) in [6.07, 6.45) is 1.21. The molecule has 6 nitrogen and oxygen atoms in total. The van der Waals surface area contributed by atoms with Gasteiger partial charge in [0, 0.05) is 47.8 Å². The van der Waals surface area contributed by atoms with Crippen molar-refractivity contribution in [1.82, 2.24) is 0 Å². The summed E-state index contributed by atoms with van der Waals surface area (Å²) in [6.45, 7) is 6.08. The third-order valence-electron chi connectivity index (χ3n) is 5.94. The summed E-state index contributed by atoms with van der Waals surface area (Å²) in [7, 11) is 0. The van der Waals surface area contributed by atoms with Gasteiger partial charge in [0.2, 0.25) is 5.91 Å². The minimum atomic E-state index is -0.450. The number of Topliss-reactive ketones (excluding diaryl/α,β-unsaturated/α-hetero) is 1. The van der Waals surface area contributed by atoms with E-state index in [0.29, 0.717) is 18.4 Å². The molecule has 2 aliphatic rings. The smallest absolute Gasteiger partial charge is 0.269 e. The molecule has 1 aliphatic carbocycles. The SMILES string of the molecule is Cc1ccc(N2C(=O)CC(c3ccc([N+](=O)[O-])cc3)C3=C2CC(C)(C)CC3=O)cc1. The fourth-order valence-corrected chi connectivity index (χ4v) is 4.52. The molecule has 4 rings (SSSR count). The molecule has 1 unspecified atom stereocenters. The number of non-ortho nitro benzene ring substituents is 1. The Labute approximate surface area is 175 Å². The van der Waals surface area contributed by atoms with E-state index in [1.165, 1.54) is 12.1 Å². The molecular weight excluding hydrogens is 380 g/mol. The average molecular weight is 404 g/mol. The first-order valence-corrected chi connectivity index (χ1v) is 10.1. The van der Waals surface area contributed by atoms with Gasteiger partial charge in [-0.1, -0.05) is 43.7 Å². The average Bonchev–Trinajstić information content (AvgIpc) is 2.67. The summed E-state index contributed by atoms with van der Waals surface area (Å²) < 4.78 is 0. The number of rotatable bonds is 3. The number of benzene rings is 2. The van der Waals surface area contributed by atoms with E-state index in [4.69, 9.17) is 0 Å². The molecular formula is C24H24N2O4. The van der Waals surface area contributed by atoms with Crippen LogP contribution in [0.3, 0.4) is 0 Å². The van der Waals surface area contributed by atoms with Gasteiger partial charge in [-0.05, 0) is 36.5 Å². The molecule has 0 N–H and O–H groups in total. The molecule has 154 valence electrons. The number of amides is 1. The lowest BCUT2D eigenvalue weighted by Gasteiger charge is -2.43. The summed E-state index contributed by atoms with van der Waals surface area (Å²) in [5.41, 5.74) is 3.82. The Balaban J connectivity index is 1.85. The van der Waals surface area contributed by atoms with Crippen LogP contribution in [0.25, 0.3) is 0 Å². The van der Waals surface area contributed by atoms with Crippen molar-refractivity contribution in [2.24, 2.45) is 5.41 Å². The number of anilines is 1. The van der Waals surface area contributed by atoms with Gasteiger partial charge in [0.15, 0.2) is 5.78 Å². The van der Waals surface area contributed by atoms with E-state index in [1.54, 1.807) is 17.0 Å². The van der Waals surface area contributed by atoms with Crippen LogP contribution >= 0.6 is 0 Å². The summed E-state index contributed by atoms with van der Waals surface area (Å²) in [4.78, 5) is 38.8. The maximum atomic E-state index is 13.3. The zero-order chi connectivity index (χ0) is 21.6. The highest BCUT2D eigenvalue weighted by atomic mass is 16.6. The lowest BCUT2D eigenvalue weighted by atomic mass is 9.69. The molecule has 0 bridgehead atoms. The highest BCUT2D eigenvalue weighted by Gasteiger charge is 2.44. The lowest BCUT2D eigenvalue weighted by Crippen LogP contribution is -2.43. The summed E-state index contributed by atoms with van der Waals surface area (Å²) in [5, 5.41) is 11.0. The Morgan fingerprint density at radius 1 is 1.00 bits per heavy atom. The minimum Gasteiger partial charge on any atom is -0.294 e. The Morgan fingerprint density at radius 3 is 2.23 bits per heavy atom. The minimum absolute atomic E-state index is 0.00697. The highest BCUT2D eigenvalue weighted by molar-refractivity contribution is 6.07. The molecule has 1 amide bonds. The van der Waals surface area contributed by atoms with Crippen LogP contribution in [0.1, 0.15) is 50.2 Å². The number of nitrogens with zero attached hydrogens (tertiary/aromatic N) is 2. The highest BCUT2D eigenvalue weighted by Crippen LogP contribution is 2.48. The molecule has 0 saturated heterocycles. The van der Waals surface area contributed by atoms with Crippen molar-refractivity contribution in [1.29, 1.82) is 0 Å². The summed E-state index contributed by atoms with van der Waals surface area (Å²) >= 11 is 0. The van der Waals surface area contributed by atoms with Crippen LogP contribution in [-0.4, -0.2) is 16.6 Å². The van der Waals surface area contributed by atoms with Crippen molar-refractivity contribution >= 4 is 23.1 Å². The van der Waals surface area contributed by atoms with Gasteiger partial charge in [-0.3, -0.25) is 24.6 Å². The lowest BCUT2D eigenvalue weighted by molar-refractivity contribution is -0.384. The normalized spacial score (nSPS) is 20.9. The molecule has 2 aromatic carbocycles. The third kappa shape index (κ3) is 3.54. The van der Waals surface area contributed by atoms with E-state index in [-0.39, 0.29) is 35.1 Å². The van der Waals surface area contributed by atoms with Crippen molar-refractivity contribution in [2.75, 3.05) is 4.90 Å². The molecule has 0 saturated carbocycles. The maximum absolute atomic E-state index is 13.3. The van der Waals surface area contributed by atoms with Crippen molar-refractivity contribution in [3.8, 4) is 0 Å². The summed E-state index contributed by atoms with van der Waals surface area (Å²) in [6, 6.07) is 13.9. The van der Waals surface area contributed by atoms with Gasteiger partial charge in [-0.2, -0.15) is 0 Å². The Bertz CT molecular complexity index is 1070. The molecule has 1 aliphatic heterocycles. The van der Waals surface area contributed by atoms with Crippen LogP contribution < -0.4 is 4.90 Å². The zero-order valence-electron chi connectivity index (χ0n) is 17.3. The predicted octanol–water partition coefficient (Wildman–Crippen LogP) is 5.07. The number of nitro benzene ring substituents is 1. The van der Waals surface area contributed by atoms with Gasteiger partial charge < -0.3 is 0 Å². The standard InChI is InChI=1S/C24H24N2O4/c1-15-4-8-17(9-5-15)25-20-13-24(2,3)14-21(27)23(20)19(12-22(25)28)16-6-10-18(11-7-16)26(29)30/h4-11,19H,12-14H2,1-3H3. The van der Waals surface area contributed by atoms with E-state index in [9.17, 15) is 19.7 Å². The van der Waals surface area contributed by atoms with E-state index >= 15 is 0 Å². The first kappa shape index (κ1) is 20.0. The topological polar surface area (TPSA) is 80.5 Å². The summed E-state index contributed by atoms with van der Waals surface area (Å²) in [5.74, 6) is -0.390. The van der Waals surface area contributed by atoms with Crippen LogP contribution in [0, 0.1) is 22.5 Å². The van der Waals surface area contributed by atoms with Gasteiger partial charge in [-0.15, -0.1) is 0 Å². The zero-order valence-corrected chi connectivity index (χ0v) is 17.3. The number of ketones is 1. The second-order valence-electron chi connectivity index (χ2n) is 8.97. The van der Waals surface area contributed by atoms with Crippen LogP contribution in [0.2, 0.25) is 0 Å². The first-order valence-electron chi connectivity index (χ1n) is 10.1. The van der Waals surface area contributed by atoms with Crippen molar-refractivity contribution < 1.29 is 14.5 Å². The van der Waals surface area contributed by atoms with Gasteiger partial charge >= 0.3 is 0 Å². The number of aryl methyl sites for hydroxylation is 1. The quantitative estimate of drug-likeness (QED) is 0.528. The Kier molecular flexibility index (Phi) is 4.80. The molecule has 0 radical (unpaired) electrons. The van der Waals surface area contributed by atoms with Crippen molar-refractivity contribution in [2.45, 2.75) is 46.0 Å². The van der Waals surface area contributed by atoms with Gasteiger partial charge in [0.05, 0.1) is 4.92 Å². The van der Waals surface area contributed by atoms with Gasteiger partial charge in [0.25, 0.3) is 5.69 Å². The van der Waals surface area contributed by atoms with E-state index < -0.39 is 4.92 Å². The predicted molar refractivity (Wildman–Crippen MR) is 114 cm³/mol. The molecule has 0 fully saturated rings. The Morgan fingerprint density at radius 2 is 1.63 bits per heavy atom. The van der Waals surface area contributed by atoms with E-state index in [1.807, 2.05) is 45.0 Å². The van der Waals surface area contributed by atoms with Crippen molar-refractivity contribution in [3.63, 3.8) is 0 Å². The molecule has 2 aromatic rings. The first-order chi connectivity index (χ1) is 14.2. The number of nitro groups is 1. The number of hydrogen-bond donors (Lipinski definition) is 0. The molecule has 6 heteroatoms. The molecule has 30 heavy (non-hydrogen) atoms. The van der Waals surface area contributed by atoms with E-state index in [0.717, 1.165) is 22.5 Å². The molecule has 0 spiro atoms. The fraction of sp³-hybridized carbons (Fsp3) is 0.333. The fourth-order valence-electron chi connectivity index (χ4n) is 4.52. The Hall–Kier alpha value is -3.28. The van der Waals surface area contributed by atoms with Gasteiger partial charge in [-0.25, -0.2) is 0 Å². The molecule has 0 aromatic heterocycles. The van der Waals surface area contributed by atoms with Gasteiger partial charge in [0.1, 0.15) is 0 Å². The van der Waals surface area contributed by atoms with E-state index in [2.05, 4.69) is 0 Å². The van der Waals surface area contributed by atoms with Crippen LogP contribution in [-0.2, 0) is 9.59 Å². The second-order valence-corrected chi connectivity index (χ2v) is 8.97. The molecule has 1 atom stereocenters. The number of hydrogen-bond acceptors (Lipinski definition) is 4. The largest absolute Gasteiger partial charge is 0.294 e. The number of carbonyl (C=O) groups excluding carboxylic acids is 2. The number of carbonyl (C=O) groups is 2. The third-order valence-corrected chi connectivity index (χ3v) is 5.94. The van der Waals surface area contributed by atoms with Crippen LogP contribution in [0.5, 0.6) is 0 Å².